The van der Waals surface area contributed by atoms with Crippen molar-refractivity contribution in [1.82, 2.24) is 10.2 Å². The molecule has 1 fully saturated rings. The fourth-order valence-electron chi connectivity index (χ4n) is 3.37. The van der Waals surface area contributed by atoms with Crippen molar-refractivity contribution in [3.05, 3.63) is 29.3 Å². The van der Waals surface area contributed by atoms with Crippen LogP contribution >= 0.6 is 24.0 Å². The molecule has 160 valence electrons. The molecule has 1 saturated heterocycles. The normalized spacial score (nSPS) is 15.3. The van der Waals surface area contributed by atoms with E-state index in [1.807, 2.05) is 7.05 Å². The Morgan fingerprint density at radius 3 is 2.39 bits per heavy atom. The zero-order valence-corrected chi connectivity index (χ0v) is 20.0. The Kier molecular flexibility index (Phi) is 12.5. The van der Waals surface area contributed by atoms with Gasteiger partial charge in [0.15, 0.2) is 5.96 Å². The van der Waals surface area contributed by atoms with Gasteiger partial charge in [0, 0.05) is 40.5 Å². The maximum Gasteiger partial charge on any atom is 0.193 e. The molecule has 7 heteroatoms. The minimum absolute atomic E-state index is 0. The Hall–Kier alpha value is -1.06. The van der Waals surface area contributed by atoms with Crippen LogP contribution in [-0.4, -0.2) is 70.6 Å². The van der Waals surface area contributed by atoms with Crippen LogP contribution in [0, 0.1) is 13.8 Å². The number of likely N-dealkylation sites (tertiary alicyclic amines) is 1. The van der Waals surface area contributed by atoms with E-state index in [1.54, 1.807) is 7.11 Å². The lowest BCUT2D eigenvalue weighted by molar-refractivity contribution is 0.00989. The van der Waals surface area contributed by atoms with Gasteiger partial charge in [-0.15, -0.1) is 24.0 Å². The van der Waals surface area contributed by atoms with E-state index in [1.165, 1.54) is 11.1 Å². The fraction of sp³-hybridized carbons (Fsp3) is 0.667. The topological polar surface area (TPSA) is 55.3 Å². The molecule has 0 radical (unpaired) electrons. The summed E-state index contributed by atoms with van der Waals surface area (Å²) in [6, 6.07) is 6.29. The number of halogens is 1. The van der Waals surface area contributed by atoms with E-state index in [0.717, 1.165) is 63.8 Å². The monoisotopic (exact) mass is 505 g/mol. The summed E-state index contributed by atoms with van der Waals surface area (Å²) in [4.78, 5) is 6.71. The number of piperidine rings is 1. The summed E-state index contributed by atoms with van der Waals surface area (Å²) in [5.74, 6) is 1.87. The molecule has 2 rings (SSSR count). The molecule has 28 heavy (non-hydrogen) atoms. The molecular formula is C21H36IN3O3. The summed E-state index contributed by atoms with van der Waals surface area (Å²) in [5, 5.41) is 3.41. The van der Waals surface area contributed by atoms with Crippen LogP contribution in [0.5, 0.6) is 5.75 Å². The highest BCUT2D eigenvalue weighted by Gasteiger charge is 2.21. The van der Waals surface area contributed by atoms with Crippen molar-refractivity contribution in [1.29, 1.82) is 0 Å². The predicted molar refractivity (Wildman–Crippen MR) is 125 cm³/mol. The standard InChI is InChI=1S/C21H35N3O3.HI/c1-17-14-18(2)16-20(15-17)27-13-8-23-21(22-3)24-9-6-19(7-10-24)26-12-5-11-25-4;/h14-16,19H,5-13H2,1-4H3,(H,22,23);1H. The highest BCUT2D eigenvalue weighted by atomic mass is 127. The van der Waals surface area contributed by atoms with Crippen molar-refractivity contribution in [2.45, 2.75) is 39.2 Å². The van der Waals surface area contributed by atoms with E-state index in [0.29, 0.717) is 12.7 Å². The summed E-state index contributed by atoms with van der Waals surface area (Å²) >= 11 is 0. The molecule has 6 nitrogen and oxygen atoms in total. The van der Waals surface area contributed by atoms with Crippen molar-refractivity contribution in [2.75, 3.05) is 53.6 Å². The van der Waals surface area contributed by atoms with E-state index in [2.05, 4.69) is 47.3 Å². The number of nitrogens with one attached hydrogen (secondary N) is 1. The molecule has 0 aromatic heterocycles. The van der Waals surface area contributed by atoms with Crippen LogP contribution in [0.2, 0.25) is 0 Å². The number of hydrogen-bond donors (Lipinski definition) is 1. The maximum atomic E-state index is 5.93. The summed E-state index contributed by atoms with van der Waals surface area (Å²) in [6.07, 6.45) is 3.38. The number of guanidine groups is 1. The molecule has 0 amide bonds. The Morgan fingerprint density at radius 1 is 1.11 bits per heavy atom. The van der Waals surface area contributed by atoms with Gasteiger partial charge in [-0.1, -0.05) is 6.07 Å². The lowest BCUT2D eigenvalue weighted by Gasteiger charge is -2.34. The van der Waals surface area contributed by atoms with Gasteiger partial charge in [-0.25, -0.2) is 0 Å². The first-order chi connectivity index (χ1) is 13.1. The lowest BCUT2D eigenvalue weighted by atomic mass is 10.1. The Bertz CT molecular complexity index is 570. The number of benzene rings is 1. The third-order valence-corrected chi connectivity index (χ3v) is 4.65. The van der Waals surface area contributed by atoms with Gasteiger partial charge < -0.3 is 24.4 Å². The zero-order chi connectivity index (χ0) is 19.5. The number of methoxy groups -OCH3 is 1. The second kappa shape index (κ2) is 14.0. The lowest BCUT2D eigenvalue weighted by Crippen LogP contribution is -2.47. The fourth-order valence-corrected chi connectivity index (χ4v) is 3.37. The Labute approximate surface area is 187 Å². The first kappa shape index (κ1) is 25.0. The van der Waals surface area contributed by atoms with E-state index in [9.17, 15) is 0 Å². The van der Waals surface area contributed by atoms with Crippen LogP contribution < -0.4 is 10.1 Å². The van der Waals surface area contributed by atoms with E-state index >= 15 is 0 Å². The number of aryl methyl sites for hydroxylation is 2. The predicted octanol–water partition coefficient (Wildman–Crippen LogP) is 3.39. The van der Waals surface area contributed by atoms with Crippen molar-refractivity contribution >= 4 is 29.9 Å². The maximum absolute atomic E-state index is 5.93. The number of ether oxygens (including phenoxy) is 3. The number of rotatable bonds is 9. The first-order valence-corrected chi connectivity index (χ1v) is 9.89. The first-order valence-electron chi connectivity index (χ1n) is 9.89. The molecule has 1 aromatic rings. The van der Waals surface area contributed by atoms with Gasteiger partial charge in [0.05, 0.1) is 12.6 Å². The third kappa shape index (κ3) is 8.96. The molecule has 0 aliphatic carbocycles. The molecule has 1 aliphatic heterocycles. The summed E-state index contributed by atoms with van der Waals surface area (Å²) in [6.45, 7) is 8.99. The van der Waals surface area contributed by atoms with Gasteiger partial charge in [0.25, 0.3) is 0 Å². The molecule has 0 saturated carbocycles. The molecule has 0 bridgehead atoms. The molecule has 1 aliphatic rings. The Morgan fingerprint density at radius 2 is 1.79 bits per heavy atom. The van der Waals surface area contributed by atoms with Crippen molar-refractivity contribution in [2.24, 2.45) is 4.99 Å². The van der Waals surface area contributed by atoms with Crippen LogP contribution in [0.3, 0.4) is 0 Å². The van der Waals surface area contributed by atoms with Gasteiger partial charge in [-0.3, -0.25) is 4.99 Å². The number of hydrogen-bond acceptors (Lipinski definition) is 4. The van der Waals surface area contributed by atoms with Crippen LogP contribution in [0.1, 0.15) is 30.4 Å². The molecule has 0 atom stereocenters. The highest BCUT2D eigenvalue weighted by Crippen LogP contribution is 2.16. The van der Waals surface area contributed by atoms with E-state index in [-0.39, 0.29) is 24.0 Å². The molecule has 1 aromatic carbocycles. The third-order valence-electron chi connectivity index (χ3n) is 4.65. The van der Waals surface area contributed by atoms with Gasteiger partial charge in [-0.2, -0.15) is 0 Å². The summed E-state index contributed by atoms with van der Waals surface area (Å²) in [7, 11) is 3.56. The quantitative estimate of drug-likeness (QED) is 0.241. The largest absolute Gasteiger partial charge is 0.492 e. The SMILES string of the molecule is CN=C(NCCOc1cc(C)cc(C)c1)N1CCC(OCCCOC)CC1.I. The second-order valence-corrected chi connectivity index (χ2v) is 7.05. The second-order valence-electron chi connectivity index (χ2n) is 7.05. The number of aliphatic imine (C=N–C) groups is 1. The molecule has 1 heterocycles. The molecular weight excluding hydrogens is 469 g/mol. The van der Waals surface area contributed by atoms with Crippen LogP contribution in [-0.2, 0) is 9.47 Å². The molecule has 1 N–H and O–H groups in total. The van der Waals surface area contributed by atoms with Crippen molar-refractivity contribution in [3.63, 3.8) is 0 Å². The summed E-state index contributed by atoms with van der Waals surface area (Å²) in [5.41, 5.74) is 2.45. The zero-order valence-electron chi connectivity index (χ0n) is 17.7. The van der Waals surface area contributed by atoms with E-state index < -0.39 is 0 Å². The van der Waals surface area contributed by atoms with Crippen LogP contribution in [0.4, 0.5) is 0 Å². The van der Waals surface area contributed by atoms with Gasteiger partial charge in [0.2, 0.25) is 0 Å². The molecule has 0 unspecified atom stereocenters. The average Bonchev–Trinajstić information content (AvgIpc) is 2.65. The van der Waals surface area contributed by atoms with Crippen LogP contribution in [0.25, 0.3) is 0 Å². The average molecular weight is 505 g/mol. The number of nitrogens with zero attached hydrogens (tertiary/aromatic N) is 2. The van der Waals surface area contributed by atoms with E-state index in [4.69, 9.17) is 14.2 Å². The van der Waals surface area contributed by atoms with Crippen molar-refractivity contribution in [3.8, 4) is 5.75 Å². The molecule has 0 spiro atoms. The smallest absolute Gasteiger partial charge is 0.193 e. The highest BCUT2D eigenvalue weighted by molar-refractivity contribution is 14.0. The summed E-state index contributed by atoms with van der Waals surface area (Å²) < 4.78 is 16.8. The van der Waals surface area contributed by atoms with Crippen molar-refractivity contribution < 1.29 is 14.2 Å². The van der Waals surface area contributed by atoms with Gasteiger partial charge in [-0.05, 0) is 56.4 Å². The van der Waals surface area contributed by atoms with Crippen LogP contribution in [0.15, 0.2) is 23.2 Å². The van der Waals surface area contributed by atoms with Gasteiger partial charge >= 0.3 is 0 Å². The Balaban J connectivity index is 0.00000392. The minimum atomic E-state index is 0. The minimum Gasteiger partial charge on any atom is -0.492 e. The van der Waals surface area contributed by atoms with Gasteiger partial charge in [0.1, 0.15) is 12.4 Å².